The fourth-order valence-corrected chi connectivity index (χ4v) is 2.26. The van der Waals surface area contributed by atoms with Gasteiger partial charge in [-0.15, -0.1) is 0 Å². The molecule has 0 radical (unpaired) electrons. The molecule has 1 heterocycles. The topological polar surface area (TPSA) is 31.4 Å². The van der Waals surface area contributed by atoms with Crippen molar-refractivity contribution in [2.75, 3.05) is 7.11 Å². The van der Waals surface area contributed by atoms with Crippen molar-refractivity contribution in [1.29, 1.82) is 0 Å². The average Bonchev–Trinajstić information content (AvgIpc) is 2.46. The fraction of sp³-hybridized carbons (Fsp3) is 0.267. The zero-order valence-corrected chi connectivity index (χ0v) is 12.6. The molecule has 0 atom stereocenters. The van der Waals surface area contributed by atoms with E-state index in [-0.39, 0.29) is 0 Å². The second kappa shape index (κ2) is 6.57. The first-order valence-electron chi connectivity index (χ1n) is 6.01. The maximum Gasteiger partial charge on any atom is 0.213 e. The highest BCUT2D eigenvalue weighted by Crippen LogP contribution is 2.26. The number of methoxy groups -OCH3 is 1. The number of nitrogens with zero attached hydrogens (tertiary/aromatic N) is 1. The van der Waals surface area contributed by atoms with Crippen molar-refractivity contribution in [2.24, 2.45) is 0 Å². The highest BCUT2D eigenvalue weighted by molar-refractivity contribution is 9.08. The minimum absolute atomic E-state index is 0.433. The van der Waals surface area contributed by atoms with Crippen LogP contribution in [-0.4, -0.2) is 12.1 Å². The SMILES string of the molecule is COc1cccc(COc2c(C)cccc2CBr)n1. The van der Waals surface area contributed by atoms with Gasteiger partial charge in [0, 0.05) is 17.0 Å². The van der Waals surface area contributed by atoms with Gasteiger partial charge in [0.2, 0.25) is 5.88 Å². The van der Waals surface area contributed by atoms with E-state index in [2.05, 4.69) is 27.0 Å². The third-order valence-electron chi connectivity index (χ3n) is 2.79. The lowest BCUT2D eigenvalue weighted by molar-refractivity contribution is 0.294. The second-order valence-electron chi connectivity index (χ2n) is 4.16. The van der Waals surface area contributed by atoms with Crippen LogP contribution in [0.15, 0.2) is 36.4 Å². The van der Waals surface area contributed by atoms with Crippen LogP contribution < -0.4 is 9.47 Å². The molecule has 1 aromatic carbocycles. The van der Waals surface area contributed by atoms with Crippen molar-refractivity contribution in [3.05, 3.63) is 53.2 Å². The molecule has 100 valence electrons. The summed E-state index contributed by atoms with van der Waals surface area (Å²) in [5, 5.41) is 0.773. The fourth-order valence-electron chi connectivity index (χ4n) is 1.82. The molecule has 0 fully saturated rings. The maximum atomic E-state index is 5.90. The van der Waals surface area contributed by atoms with E-state index in [9.17, 15) is 0 Å². The summed E-state index contributed by atoms with van der Waals surface area (Å²) in [7, 11) is 1.61. The number of para-hydroxylation sites is 1. The average molecular weight is 322 g/mol. The largest absolute Gasteiger partial charge is 0.487 e. The molecule has 0 saturated heterocycles. The van der Waals surface area contributed by atoms with E-state index < -0.39 is 0 Å². The summed E-state index contributed by atoms with van der Waals surface area (Å²) in [4.78, 5) is 4.33. The quantitative estimate of drug-likeness (QED) is 0.783. The van der Waals surface area contributed by atoms with Gasteiger partial charge in [0.05, 0.1) is 12.8 Å². The van der Waals surface area contributed by atoms with Gasteiger partial charge in [-0.3, -0.25) is 0 Å². The molecule has 0 amide bonds. The summed E-state index contributed by atoms with van der Waals surface area (Å²) < 4.78 is 11.0. The molecule has 2 aromatic rings. The predicted octanol–water partition coefficient (Wildman–Crippen LogP) is 3.87. The van der Waals surface area contributed by atoms with Crippen molar-refractivity contribution in [1.82, 2.24) is 4.98 Å². The molecule has 19 heavy (non-hydrogen) atoms. The molecule has 1 aromatic heterocycles. The minimum Gasteiger partial charge on any atom is -0.487 e. The molecular weight excluding hydrogens is 306 g/mol. The Morgan fingerprint density at radius 3 is 2.68 bits per heavy atom. The van der Waals surface area contributed by atoms with Crippen LogP contribution in [0.4, 0.5) is 0 Å². The van der Waals surface area contributed by atoms with Crippen molar-refractivity contribution >= 4 is 15.9 Å². The van der Waals surface area contributed by atoms with Gasteiger partial charge < -0.3 is 9.47 Å². The van der Waals surface area contributed by atoms with E-state index in [1.807, 2.05) is 37.3 Å². The van der Waals surface area contributed by atoms with Crippen LogP contribution in [0.3, 0.4) is 0 Å². The Bertz CT molecular complexity index is 558. The van der Waals surface area contributed by atoms with Gasteiger partial charge in [-0.2, -0.15) is 0 Å². The Kier molecular flexibility index (Phi) is 4.80. The number of hydrogen-bond acceptors (Lipinski definition) is 3. The van der Waals surface area contributed by atoms with Crippen LogP contribution in [0, 0.1) is 6.92 Å². The zero-order valence-electron chi connectivity index (χ0n) is 11.0. The van der Waals surface area contributed by atoms with E-state index in [0.717, 1.165) is 27.9 Å². The number of benzene rings is 1. The Balaban J connectivity index is 2.14. The van der Waals surface area contributed by atoms with Crippen molar-refractivity contribution < 1.29 is 9.47 Å². The molecule has 0 aliphatic carbocycles. The molecule has 4 heteroatoms. The minimum atomic E-state index is 0.433. The molecule has 3 nitrogen and oxygen atoms in total. The number of aryl methyl sites for hydroxylation is 1. The van der Waals surface area contributed by atoms with E-state index in [1.165, 1.54) is 0 Å². The molecule has 0 unspecified atom stereocenters. The molecule has 0 spiro atoms. The molecule has 2 rings (SSSR count). The summed E-state index contributed by atoms with van der Waals surface area (Å²) in [5.74, 6) is 1.52. The number of halogens is 1. The third kappa shape index (κ3) is 3.47. The van der Waals surface area contributed by atoms with E-state index in [1.54, 1.807) is 7.11 Å². The number of alkyl halides is 1. The smallest absolute Gasteiger partial charge is 0.213 e. The Morgan fingerprint density at radius 1 is 1.16 bits per heavy atom. The zero-order chi connectivity index (χ0) is 13.7. The molecule has 0 bridgehead atoms. The van der Waals surface area contributed by atoms with Gasteiger partial charge in [-0.25, -0.2) is 4.98 Å². The monoisotopic (exact) mass is 321 g/mol. The van der Waals surface area contributed by atoms with Crippen LogP contribution in [0.25, 0.3) is 0 Å². The van der Waals surface area contributed by atoms with Crippen molar-refractivity contribution in [2.45, 2.75) is 18.9 Å². The predicted molar refractivity (Wildman–Crippen MR) is 78.9 cm³/mol. The lowest BCUT2D eigenvalue weighted by Gasteiger charge is -2.12. The van der Waals surface area contributed by atoms with Gasteiger partial charge in [0.25, 0.3) is 0 Å². The van der Waals surface area contributed by atoms with Crippen LogP contribution in [-0.2, 0) is 11.9 Å². The molecule has 0 N–H and O–H groups in total. The van der Waals surface area contributed by atoms with E-state index in [4.69, 9.17) is 9.47 Å². The normalized spacial score (nSPS) is 10.3. The lowest BCUT2D eigenvalue weighted by atomic mass is 10.1. The molecule has 0 aliphatic rings. The van der Waals surface area contributed by atoms with Gasteiger partial charge in [0.1, 0.15) is 12.4 Å². The van der Waals surface area contributed by atoms with Crippen LogP contribution in [0.1, 0.15) is 16.8 Å². The van der Waals surface area contributed by atoms with Gasteiger partial charge in [-0.1, -0.05) is 40.2 Å². The maximum absolute atomic E-state index is 5.90. The summed E-state index contributed by atoms with van der Waals surface area (Å²) in [6.45, 7) is 2.47. The summed E-state index contributed by atoms with van der Waals surface area (Å²) >= 11 is 3.48. The highest BCUT2D eigenvalue weighted by Gasteiger charge is 2.07. The standard InChI is InChI=1S/C15H16BrNO2/c1-11-5-3-6-12(9-16)15(11)19-10-13-7-4-8-14(17-13)18-2/h3-8H,9-10H2,1-2H3. The summed E-state index contributed by atoms with van der Waals surface area (Å²) in [6, 6.07) is 11.8. The van der Waals surface area contributed by atoms with Gasteiger partial charge >= 0.3 is 0 Å². The number of pyridine rings is 1. The van der Waals surface area contributed by atoms with Gasteiger partial charge in [-0.05, 0) is 18.6 Å². The third-order valence-corrected chi connectivity index (χ3v) is 3.40. The highest BCUT2D eigenvalue weighted by atomic mass is 79.9. The van der Waals surface area contributed by atoms with Gasteiger partial charge in [0.15, 0.2) is 0 Å². The first kappa shape index (κ1) is 13.9. The molecule has 0 saturated carbocycles. The summed E-state index contributed by atoms with van der Waals surface area (Å²) in [6.07, 6.45) is 0. The number of rotatable bonds is 5. The lowest BCUT2D eigenvalue weighted by Crippen LogP contribution is -2.02. The molecule has 0 aliphatic heterocycles. The number of ether oxygens (including phenoxy) is 2. The summed E-state index contributed by atoms with van der Waals surface area (Å²) in [5.41, 5.74) is 3.12. The van der Waals surface area contributed by atoms with E-state index in [0.29, 0.717) is 12.5 Å². The Morgan fingerprint density at radius 2 is 1.95 bits per heavy atom. The molecular formula is C15H16BrNO2. The van der Waals surface area contributed by atoms with Crippen LogP contribution >= 0.6 is 15.9 Å². The first-order valence-corrected chi connectivity index (χ1v) is 7.14. The Labute approximate surface area is 121 Å². The second-order valence-corrected chi connectivity index (χ2v) is 4.72. The van der Waals surface area contributed by atoms with Crippen molar-refractivity contribution in [3.63, 3.8) is 0 Å². The van der Waals surface area contributed by atoms with Crippen LogP contribution in [0.2, 0.25) is 0 Å². The number of hydrogen-bond donors (Lipinski definition) is 0. The first-order chi connectivity index (χ1) is 9.24. The Hall–Kier alpha value is -1.55. The van der Waals surface area contributed by atoms with Crippen LogP contribution in [0.5, 0.6) is 11.6 Å². The van der Waals surface area contributed by atoms with Crippen molar-refractivity contribution in [3.8, 4) is 11.6 Å². The van der Waals surface area contributed by atoms with E-state index >= 15 is 0 Å². The number of aromatic nitrogens is 1.